The summed E-state index contributed by atoms with van der Waals surface area (Å²) in [5.41, 5.74) is 0. The minimum Gasteiger partial charge on any atom is -0.756 e. The van der Waals surface area contributed by atoms with E-state index in [0.29, 0.717) is 23.9 Å². The summed E-state index contributed by atoms with van der Waals surface area (Å²) in [4.78, 5) is 25.6. The first kappa shape index (κ1) is 71.0. The van der Waals surface area contributed by atoms with Gasteiger partial charge in [-0.1, -0.05) is 295 Å². The fourth-order valence-corrected chi connectivity index (χ4v) is 10.4. The number of rotatable bonds is 59. The van der Waals surface area contributed by atoms with Gasteiger partial charge in [0.1, 0.15) is 13.2 Å². The lowest BCUT2D eigenvalue weighted by Gasteiger charge is -2.30. The minimum absolute atomic E-state index is 0.0139. The normalized spacial score (nSPS) is 13.9. The number of aliphatic hydroxyl groups is 1. The molecule has 0 aliphatic heterocycles. The maximum atomic E-state index is 13.0. The SMILES string of the molecule is CCCCCCC/C=C\C/C=C\CCCCCCCCCCCCCCCC(=O)NC(COP(=O)([O-])OCC[N+](C)(C)C)C(O)CCCCCCCCCCCCCCCCCCCCCCCCCCC. The van der Waals surface area contributed by atoms with Crippen molar-refractivity contribution in [3.63, 3.8) is 0 Å². The molecule has 0 aromatic rings. The van der Waals surface area contributed by atoms with Gasteiger partial charge in [-0.15, -0.1) is 0 Å². The number of unbranched alkanes of at least 4 members (excludes halogenated alkanes) is 42. The van der Waals surface area contributed by atoms with Crippen LogP contribution in [0, 0.1) is 0 Å². The average molecular weight is 1040 g/mol. The molecule has 9 heteroatoms. The molecule has 0 aromatic heterocycles. The molecule has 3 atom stereocenters. The van der Waals surface area contributed by atoms with Gasteiger partial charge in [0.2, 0.25) is 5.91 Å². The molecule has 0 heterocycles. The van der Waals surface area contributed by atoms with Gasteiger partial charge in [0.15, 0.2) is 0 Å². The Morgan fingerprint density at radius 2 is 0.806 bits per heavy atom. The first-order valence-corrected chi connectivity index (χ1v) is 33.1. The van der Waals surface area contributed by atoms with Gasteiger partial charge in [-0.2, -0.15) is 0 Å². The van der Waals surface area contributed by atoms with Crippen LogP contribution >= 0.6 is 7.82 Å². The van der Waals surface area contributed by atoms with E-state index in [1.165, 1.54) is 250 Å². The lowest BCUT2D eigenvalue weighted by Crippen LogP contribution is -2.46. The number of carbonyl (C=O) groups excluding carboxylic acids is 1. The first-order valence-electron chi connectivity index (χ1n) is 31.7. The molecule has 0 fully saturated rings. The molecule has 428 valence electrons. The Morgan fingerprint density at radius 3 is 1.15 bits per heavy atom. The number of phosphoric acid groups is 1. The van der Waals surface area contributed by atoms with Gasteiger partial charge in [-0.3, -0.25) is 9.36 Å². The number of nitrogens with zero attached hydrogens (tertiary/aromatic N) is 1. The smallest absolute Gasteiger partial charge is 0.268 e. The molecule has 0 aliphatic rings. The molecule has 0 aromatic carbocycles. The number of carbonyl (C=O) groups is 1. The van der Waals surface area contributed by atoms with Crippen LogP contribution in [0.4, 0.5) is 0 Å². The van der Waals surface area contributed by atoms with E-state index in [9.17, 15) is 19.4 Å². The number of likely N-dealkylation sites (N-methyl/N-ethyl adjacent to an activating group) is 1. The van der Waals surface area contributed by atoms with Crippen LogP contribution in [0.25, 0.3) is 0 Å². The Morgan fingerprint density at radius 1 is 0.486 bits per heavy atom. The molecule has 2 N–H and O–H groups in total. The lowest BCUT2D eigenvalue weighted by molar-refractivity contribution is -0.870. The predicted molar refractivity (Wildman–Crippen MR) is 312 cm³/mol. The van der Waals surface area contributed by atoms with E-state index in [0.717, 1.165) is 44.9 Å². The van der Waals surface area contributed by atoms with Crippen LogP contribution in [-0.4, -0.2) is 68.5 Å². The third kappa shape index (κ3) is 56.7. The molecule has 0 radical (unpaired) electrons. The molecular formula is C63H125N2O6P. The van der Waals surface area contributed by atoms with E-state index in [4.69, 9.17) is 9.05 Å². The summed E-state index contributed by atoms with van der Waals surface area (Å²) in [5.74, 6) is -0.160. The largest absolute Gasteiger partial charge is 0.756 e. The molecule has 1 amide bonds. The third-order valence-electron chi connectivity index (χ3n) is 14.7. The van der Waals surface area contributed by atoms with Crippen LogP contribution in [0.3, 0.4) is 0 Å². The number of allylic oxidation sites excluding steroid dienone is 4. The van der Waals surface area contributed by atoms with Crippen LogP contribution in [0.2, 0.25) is 0 Å². The summed E-state index contributed by atoms with van der Waals surface area (Å²) < 4.78 is 23.5. The zero-order valence-electron chi connectivity index (χ0n) is 48.9. The highest BCUT2D eigenvalue weighted by Gasteiger charge is 2.24. The van der Waals surface area contributed by atoms with Gasteiger partial charge in [-0.25, -0.2) is 0 Å². The van der Waals surface area contributed by atoms with Crippen molar-refractivity contribution in [1.29, 1.82) is 0 Å². The monoisotopic (exact) mass is 1040 g/mol. The van der Waals surface area contributed by atoms with Crippen molar-refractivity contribution in [3.8, 4) is 0 Å². The quantitative estimate of drug-likeness (QED) is 0.0272. The minimum atomic E-state index is -4.58. The van der Waals surface area contributed by atoms with Crippen molar-refractivity contribution in [3.05, 3.63) is 24.3 Å². The van der Waals surface area contributed by atoms with E-state index in [1.54, 1.807) is 0 Å². The summed E-state index contributed by atoms with van der Waals surface area (Å²) in [7, 11) is 1.32. The van der Waals surface area contributed by atoms with Crippen molar-refractivity contribution < 1.29 is 32.9 Å². The number of quaternary nitrogens is 1. The third-order valence-corrected chi connectivity index (χ3v) is 15.7. The summed E-state index contributed by atoms with van der Waals surface area (Å²) >= 11 is 0. The number of hydrogen-bond donors (Lipinski definition) is 2. The van der Waals surface area contributed by atoms with Gasteiger partial charge < -0.3 is 28.8 Å². The predicted octanol–water partition coefficient (Wildman–Crippen LogP) is 18.9. The summed E-state index contributed by atoms with van der Waals surface area (Å²) in [6.07, 6.45) is 69.4. The zero-order valence-corrected chi connectivity index (χ0v) is 49.8. The molecule has 0 saturated carbocycles. The number of amides is 1. The Kier molecular flexibility index (Phi) is 54.0. The van der Waals surface area contributed by atoms with Crippen molar-refractivity contribution in [2.75, 3.05) is 40.9 Å². The van der Waals surface area contributed by atoms with Crippen molar-refractivity contribution in [2.45, 2.75) is 334 Å². The first-order chi connectivity index (χ1) is 35.0. The van der Waals surface area contributed by atoms with Gasteiger partial charge in [-0.05, 0) is 44.9 Å². The van der Waals surface area contributed by atoms with E-state index in [1.807, 2.05) is 21.1 Å². The Bertz CT molecular complexity index is 1220. The van der Waals surface area contributed by atoms with Crippen molar-refractivity contribution in [1.82, 2.24) is 5.32 Å². The molecular weight excluding hydrogens is 912 g/mol. The highest BCUT2D eigenvalue weighted by molar-refractivity contribution is 7.45. The van der Waals surface area contributed by atoms with Gasteiger partial charge >= 0.3 is 0 Å². The van der Waals surface area contributed by atoms with E-state index < -0.39 is 20.0 Å². The van der Waals surface area contributed by atoms with Crippen LogP contribution in [0.15, 0.2) is 24.3 Å². The highest BCUT2D eigenvalue weighted by Crippen LogP contribution is 2.38. The number of phosphoric ester groups is 1. The van der Waals surface area contributed by atoms with E-state index in [2.05, 4.69) is 43.5 Å². The van der Waals surface area contributed by atoms with Crippen LogP contribution in [-0.2, 0) is 18.4 Å². The number of hydrogen-bond acceptors (Lipinski definition) is 6. The summed E-state index contributed by atoms with van der Waals surface area (Å²) in [5, 5.41) is 14.1. The van der Waals surface area contributed by atoms with Crippen molar-refractivity contribution >= 4 is 13.7 Å². The fourth-order valence-electron chi connectivity index (χ4n) is 9.72. The topological polar surface area (TPSA) is 108 Å². The Labute approximate surface area is 449 Å². The maximum absolute atomic E-state index is 13.0. The van der Waals surface area contributed by atoms with Crippen LogP contribution in [0.1, 0.15) is 322 Å². The highest BCUT2D eigenvalue weighted by atomic mass is 31.2. The van der Waals surface area contributed by atoms with Crippen LogP contribution in [0.5, 0.6) is 0 Å². The maximum Gasteiger partial charge on any atom is 0.268 e. The van der Waals surface area contributed by atoms with Crippen molar-refractivity contribution in [2.24, 2.45) is 0 Å². The molecule has 0 spiro atoms. The molecule has 0 aliphatic carbocycles. The fraction of sp³-hybridized carbons (Fsp3) is 0.921. The second kappa shape index (κ2) is 54.8. The van der Waals surface area contributed by atoms with Gasteiger partial charge in [0.25, 0.3) is 7.82 Å². The number of aliphatic hydroxyl groups excluding tert-OH is 1. The number of nitrogens with one attached hydrogen (secondary N) is 1. The van der Waals surface area contributed by atoms with Gasteiger partial charge in [0.05, 0.1) is 39.9 Å². The average Bonchev–Trinajstić information content (AvgIpc) is 3.34. The van der Waals surface area contributed by atoms with Gasteiger partial charge in [0, 0.05) is 6.42 Å². The molecule has 0 saturated heterocycles. The molecule has 8 nitrogen and oxygen atoms in total. The summed E-state index contributed by atoms with van der Waals surface area (Å²) in [6, 6.07) is -0.801. The lowest BCUT2D eigenvalue weighted by atomic mass is 10.0. The molecule has 3 unspecified atom stereocenters. The van der Waals surface area contributed by atoms with E-state index >= 15 is 0 Å². The Balaban J connectivity index is 4.09. The summed E-state index contributed by atoms with van der Waals surface area (Å²) in [6.45, 7) is 4.76. The van der Waals surface area contributed by atoms with E-state index in [-0.39, 0.29) is 19.1 Å². The molecule has 0 bridgehead atoms. The second-order valence-corrected chi connectivity index (χ2v) is 24.5. The molecule has 0 rings (SSSR count). The standard InChI is InChI=1S/C63H125N2O6P/c1-6-8-10-12-14-16-18-20-22-24-26-28-30-32-34-36-38-40-42-44-46-48-50-52-54-56-62(66)61(60-71-72(68,69)70-59-58-65(3,4)5)64-63(67)57-55-53-51-49-47-45-43-41-39-37-35-33-31-29-27-25-23-21-19-17-15-13-11-9-7-2/h19,21,25,27,61-62,66H,6-18,20,22-24,26,28-60H2,1-5H3,(H-,64,67,68,69)/b21-19-,27-25-. The second-order valence-electron chi connectivity index (χ2n) is 23.1. The van der Waals surface area contributed by atoms with Crippen LogP contribution < -0.4 is 10.2 Å². The molecule has 72 heavy (non-hydrogen) atoms. The zero-order chi connectivity index (χ0) is 52.7. The Hall–Kier alpha value is -1.02.